The lowest BCUT2D eigenvalue weighted by Gasteiger charge is -2.09. The first kappa shape index (κ1) is 25.1. The highest BCUT2D eigenvalue weighted by Gasteiger charge is 2.23. The molecule has 0 aliphatic carbocycles. The minimum atomic E-state index is 0.645. The summed E-state index contributed by atoms with van der Waals surface area (Å²) in [6, 6.07) is 50.4. The Morgan fingerprint density at radius 3 is 2.00 bits per heavy atom. The molecular formula is C42H24N2O2. The molecular weight excluding hydrogens is 564 g/mol. The van der Waals surface area contributed by atoms with Gasteiger partial charge in [0.05, 0.1) is 0 Å². The summed E-state index contributed by atoms with van der Waals surface area (Å²) in [6.07, 6.45) is 0. The number of fused-ring (bicyclic) bond motifs is 9. The van der Waals surface area contributed by atoms with Crippen molar-refractivity contribution >= 4 is 65.6 Å². The van der Waals surface area contributed by atoms with Crippen LogP contribution in [0.3, 0.4) is 0 Å². The van der Waals surface area contributed by atoms with Crippen LogP contribution < -0.4 is 0 Å². The molecule has 0 N–H and O–H groups in total. The zero-order valence-corrected chi connectivity index (χ0v) is 24.6. The predicted octanol–water partition coefficient (Wildman–Crippen LogP) is 11.6. The molecule has 214 valence electrons. The van der Waals surface area contributed by atoms with Gasteiger partial charge in [0, 0.05) is 32.7 Å². The van der Waals surface area contributed by atoms with Crippen LogP contribution in [0.25, 0.3) is 99.3 Å². The van der Waals surface area contributed by atoms with Gasteiger partial charge in [0.2, 0.25) is 0 Å². The standard InChI is InChI=1S/C42H24N2O2/c1-2-12-26(13-3-1)42-43-37-32-17-8-9-20-36(32)45-41(37)38(44-42)33-19-10-18-31-35-24-34(28-22-21-25-11-4-5-14-27(25)23-28)29-15-6-7-16-30(29)40(35)46-39(31)33/h1-24H. The fourth-order valence-electron chi connectivity index (χ4n) is 6.89. The Hall–Kier alpha value is -6.26. The van der Waals surface area contributed by atoms with E-state index in [1.807, 2.05) is 48.5 Å². The fourth-order valence-corrected chi connectivity index (χ4v) is 6.89. The number of hydrogen-bond acceptors (Lipinski definition) is 4. The van der Waals surface area contributed by atoms with Gasteiger partial charge in [-0.05, 0) is 57.6 Å². The molecule has 3 aromatic heterocycles. The highest BCUT2D eigenvalue weighted by atomic mass is 16.3. The van der Waals surface area contributed by atoms with Gasteiger partial charge >= 0.3 is 0 Å². The molecule has 0 fully saturated rings. The number of para-hydroxylation sites is 2. The van der Waals surface area contributed by atoms with Crippen molar-refractivity contribution in [1.82, 2.24) is 9.97 Å². The van der Waals surface area contributed by atoms with Gasteiger partial charge in [-0.15, -0.1) is 0 Å². The van der Waals surface area contributed by atoms with Crippen LogP contribution in [0.4, 0.5) is 0 Å². The van der Waals surface area contributed by atoms with Crippen molar-refractivity contribution < 1.29 is 8.83 Å². The van der Waals surface area contributed by atoms with E-state index >= 15 is 0 Å². The number of aromatic nitrogens is 2. The number of furan rings is 2. The van der Waals surface area contributed by atoms with E-state index in [0.717, 1.165) is 60.3 Å². The maximum Gasteiger partial charge on any atom is 0.180 e. The molecule has 10 aromatic rings. The molecule has 0 amide bonds. The smallest absolute Gasteiger partial charge is 0.180 e. The van der Waals surface area contributed by atoms with Crippen LogP contribution in [0.2, 0.25) is 0 Å². The van der Waals surface area contributed by atoms with E-state index in [0.29, 0.717) is 17.1 Å². The molecule has 0 radical (unpaired) electrons. The third-order valence-corrected chi connectivity index (χ3v) is 9.07. The molecule has 46 heavy (non-hydrogen) atoms. The van der Waals surface area contributed by atoms with Crippen molar-refractivity contribution in [2.45, 2.75) is 0 Å². The molecule has 0 spiro atoms. The van der Waals surface area contributed by atoms with E-state index in [1.165, 1.54) is 21.9 Å². The first-order valence-electron chi connectivity index (χ1n) is 15.4. The molecule has 10 rings (SSSR count). The third-order valence-electron chi connectivity index (χ3n) is 9.07. The van der Waals surface area contributed by atoms with E-state index in [9.17, 15) is 0 Å². The molecule has 4 nitrogen and oxygen atoms in total. The van der Waals surface area contributed by atoms with Crippen molar-refractivity contribution in [2.75, 3.05) is 0 Å². The second-order valence-electron chi connectivity index (χ2n) is 11.7. The zero-order valence-electron chi connectivity index (χ0n) is 24.6. The molecule has 0 bridgehead atoms. The minimum Gasteiger partial charge on any atom is -0.455 e. The fraction of sp³-hybridized carbons (Fsp3) is 0. The number of hydrogen-bond donors (Lipinski definition) is 0. The lowest BCUT2D eigenvalue weighted by Crippen LogP contribution is -1.94. The maximum absolute atomic E-state index is 6.88. The molecule has 7 aromatic carbocycles. The zero-order chi connectivity index (χ0) is 30.2. The Bertz CT molecular complexity index is 2810. The monoisotopic (exact) mass is 588 g/mol. The molecule has 0 unspecified atom stereocenters. The van der Waals surface area contributed by atoms with Crippen LogP contribution in [0.15, 0.2) is 154 Å². The SMILES string of the molecule is c1ccc(-c2nc(-c3cccc4c3oc3c5ccccc5c(-c5ccc6ccccc6c5)cc43)c3oc4ccccc4c3n2)cc1. The van der Waals surface area contributed by atoms with E-state index in [1.54, 1.807) is 0 Å². The summed E-state index contributed by atoms with van der Waals surface area (Å²) in [7, 11) is 0. The van der Waals surface area contributed by atoms with Crippen molar-refractivity contribution in [3.63, 3.8) is 0 Å². The first-order chi connectivity index (χ1) is 22.8. The van der Waals surface area contributed by atoms with Crippen LogP contribution >= 0.6 is 0 Å². The second-order valence-corrected chi connectivity index (χ2v) is 11.7. The van der Waals surface area contributed by atoms with Crippen molar-refractivity contribution in [2.24, 2.45) is 0 Å². The molecule has 4 heteroatoms. The second kappa shape index (κ2) is 9.62. The summed E-state index contributed by atoms with van der Waals surface area (Å²) in [5.41, 5.74) is 8.73. The van der Waals surface area contributed by atoms with Gasteiger partial charge in [-0.2, -0.15) is 0 Å². The van der Waals surface area contributed by atoms with E-state index in [4.69, 9.17) is 18.8 Å². The quantitative estimate of drug-likeness (QED) is 0.206. The minimum absolute atomic E-state index is 0.645. The largest absolute Gasteiger partial charge is 0.455 e. The maximum atomic E-state index is 6.88. The van der Waals surface area contributed by atoms with Crippen molar-refractivity contribution in [3.8, 4) is 33.8 Å². The van der Waals surface area contributed by atoms with Gasteiger partial charge in [0.25, 0.3) is 0 Å². The van der Waals surface area contributed by atoms with Crippen LogP contribution in [0.1, 0.15) is 0 Å². The lowest BCUT2D eigenvalue weighted by molar-refractivity contribution is 0.664. The summed E-state index contributed by atoms with van der Waals surface area (Å²) < 4.78 is 13.3. The van der Waals surface area contributed by atoms with Crippen LogP contribution in [-0.2, 0) is 0 Å². The number of benzene rings is 7. The Morgan fingerprint density at radius 1 is 0.391 bits per heavy atom. The molecule has 0 saturated heterocycles. The summed E-state index contributed by atoms with van der Waals surface area (Å²) in [5.74, 6) is 0.645. The van der Waals surface area contributed by atoms with Gasteiger partial charge in [-0.25, -0.2) is 9.97 Å². The summed E-state index contributed by atoms with van der Waals surface area (Å²) >= 11 is 0. The highest BCUT2D eigenvalue weighted by Crippen LogP contribution is 2.44. The van der Waals surface area contributed by atoms with Gasteiger partial charge in [-0.1, -0.05) is 115 Å². The van der Waals surface area contributed by atoms with Gasteiger partial charge in [0.1, 0.15) is 28.0 Å². The van der Waals surface area contributed by atoms with E-state index in [2.05, 4.69) is 97.1 Å². The predicted molar refractivity (Wildman–Crippen MR) is 188 cm³/mol. The molecule has 3 heterocycles. The third kappa shape index (κ3) is 3.67. The Balaban J connectivity index is 1.28. The molecule has 0 aliphatic heterocycles. The van der Waals surface area contributed by atoms with Crippen LogP contribution in [-0.4, -0.2) is 9.97 Å². The van der Waals surface area contributed by atoms with E-state index < -0.39 is 0 Å². The summed E-state index contributed by atoms with van der Waals surface area (Å²) in [4.78, 5) is 10.2. The highest BCUT2D eigenvalue weighted by molar-refractivity contribution is 6.21. The Morgan fingerprint density at radius 2 is 1.11 bits per heavy atom. The number of nitrogens with zero attached hydrogens (tertiary/aromatic N) is 2. The molecule has 0 atom stereocenters. The first-order valence-corrected chi connectivity index (χ1v) is 15.4. The number of rotatable bonds is 3. The summed E-state index contributed by atoms with van der Waals surface area (Å²) in [6.45, 7) is 0. The summed E-state index contributed by atoms with van der Waals surface area (Å²) in [5, 5.41) is 7.73. The van der Waals surface area contributed by atoms with Crippen molar-refractivity contribution in [1.29, 1.82) is 0 Å². The topological polar surface area (TPSA) is 52.1 Å². The average Bonchev–Trinajstić information content (AvgIpc) is 3.70. The Labute approximate surface area is 263 Å². The molecule has 0 aliphatic rings. The van der Waals surface area contributed by atoms with Gasteiger partial charge in [-0.3, -0.25) is 0 Å². The normalized spacial score (nSPS) is 11.9. The molecule has 0 saturated carbocycles. The van der Waals surface area contributed by atoms with Gasteiger partial charge in [0.15, 0.2) is 11.4 Å². The Kier molecular flexibility index (Phi) is 5.25. The average molecular weight is 589 g/mol. The van der Waals surface area contributed by atoms with Crippen molar-refractivity contribution in [3.05, 3.63) is 146 Å². The van der Waals surface area contributed by atoms with Crippen LogP contribution in [0, 0.1) is 0 Å². The van der Waals surface area contributed by atoms with Crippen LogP contribution in [0.5, 0.6) is 0 Å². The lowest BCUT2D eigenvalue weighted by atomic mass is 9.94. The van der Waals surface area contributed by atoms with E-state index in [-0.39, 0.29) is 0 Å². The van der Waals surface area contributed by atoms with Gasteiger partial charge < -0.3 is 8.83 Å².